The van der Waals surface area contributed by atoms with Gasteiger partial charge in [0, 0.05) is 24.9 Å². The number of methoxy groups -OCH3 is 2. The maximum absolute atomic E-state index is 14.1. The topological polar surface area (TPSA) is 89.5 Å². The van der Waals surface area contributed by atoms with Gasteiger partial charge in [-0.25, -0.2) is 9.79 Å². The van der Waals surface area contributed by atoms with Gasteiger partial charge in [0.05, 0.1) is 38.4 Å². The second-order valence-electron chi connectivity index (χ2n) is 7.14. The number of carbonyl (C=O) groups is 2. The van der Waals surface area contributed by atoms with E-state index >= 15 is 0 Å². The number of rotatable bonds is 9. The number of aliphatic imine (C=N–C) groups is 1. The summed E-state index contributed by atoms with van der Waals surface area (Å²) >= 11 is 0.946. The van der Waals surface area contributed by atoms with Crippen LogP contribution in [0.2, 0.25) is 0 Å². The number of nitrogens with one attached hydrogen (secondary N) is 1. The molecule has 34 heavy (non-hydrogen) atoms. The number of nitrogens with zero attached hydrogens (tertiary/aromatic N) is 2. The minimum atomic E-state index is -4.91. The third-order valence-electron chi connectivity index (χ3n) is 4.98. The van der Waals surface area contributed by atoms with Gasteiger partial charge in [0.1, 0.15) is 5.75 Å². The molecule has 0 radical (unpaired) electrons. The third kappa shape index (κ3) is 5.39. The van der Waals surface area contributed by atoms with Crippen LogP contribution in [0.25, 0.3) is 0 Å². The fraction of sp³-hybridized carbons (Fsp3) is 0.409. The molecule has 0 fully saturated rings. The predicted octanol–water partition coefficient (Wildman–Crippen LogP) is 3.53. The van der Waals surface area contributed by atoms with Crippen molar-refractivity contribution < 1.29 is 37.0 Å². The first-order valence-corrected chi connectivity index (χ1v) is 11.2. The molecule has 1 aromatic carbocycles. The standard InChI is InChI=1S/C22H24F3N3O5S/c1-4-33-20(30)17-18(14-7-5-6-8-15(14)32-3)28-13(11-16(29)26-9-10-31-2)12-34-21(28)27-19(17)22(23,24)25/h5-8,12,18H,4,9-11H2,1-3H3,(H,26,29). The monoisotopic (exact) mass is 499 g/mol. The van der Waals surface area contributed by atoms with Gasteiger partial charge >= 0.3 is 12.1 Å². The maximum atomic E-state index is 14.1. The highest BCUT2D eigenvalue weighted by atomic mass is 32.2. The molecule has 12 heteroatoms. The molecular weight excluding hydrogens is 475 g/mol. The van der Waals surface area contributed by atoms with Gasteiger partial charge in [0.25, 0.3) is 0 Å². The minimum Gasteiger partial charge on any atom is -0.496 e. The number of amides is 1. The lowest BCUT2D eigenvalue weighted by molar-refractivity contribution is -0.140. The van der Waals surface area contributed by atoms with Gasteiger partial charge in [0.2, 0.25) is 5.91 Å². The molecule has 3 rings (SSSR count). The Hall–Kier alpha value is -2.99. The van der Waals surface area contributed by atoms with Gasteiger partial charge < -0.3 is 24.4 Å². The molecule has 1 aromatic rings. The zero-order valence-corrected chi connectivity index (χ0v) is 19.6. The number of allylic oxidation sites excluding steroid dienone is 1. The van der Waals surface area contributed by atoms with Crippen LogP contribution in [0.4, 0.5) is 13.2 Å². The van der Waals surface area contributed by atoms with Gasteiger partial charge in [-0.1, -0.05) is 30.0 Å². The van der Waals surface area contributed by atoms with Crippen molar-refractivity contribution in [1.29, 1.82) is 0 Å². The first-order valence-electron chi connectivity index (χ1n) is 10.3. The van der Waals surface area contributed by atoms with Crippen molar-refractivity contribution in [3.8, 4) is 5.75 Å². The molecule has 0 aromatic heterocycles. The van der Waals surface area contributed by atoms with Crippen molar-refractivity contribution >= 4 is 28.8 Å². The van der Waals surface area contributed by atoms with Crippen LogP contribution >= 0.6 is 11.8 Å². The fourth-order valence-electron chi connectivity index (χ4n) is 3.59. The van der Waals surface area contributed by atoms with Crippen molar-refractivity contribution in [3.63, 3.8) is 0 Å². The predicted molar refractivity (Wildman–Crippen MR) is 120 cm³/mol. The molecule has 1 unspecified atom stereocenters. The van der Waals surface area contributed by atoms with E-state index in [0.29, 0.717) is 17.9 Å². The molecule has 8 nitrogen and oxygen atoms in total. The first-order chi connectivity index (χ1) is 16.2. The molecule has 2 aliphatic rings. The van der Waals surface area contributed by atoms with Gasteiger partial charge in [-0.2, -0.15) is 13.2 Å². The summed E-state index contributed by atoms with van der Waals surface area (Å²) in [7, 11) is 2.88. The first kappa shape index (κ1) is 25.6. The average molecular weight is 500 g/mol. The van der Waals surface area contributed by atoms with E-state index in [4.69, 9.17) is 14.2 Å². The van der Waals surface area contributed by atoms with Gasteiger partial charge in [0.15, 0.2) is 10.9 Å². The van der Waals surface area contributed by atoms with Crippen LogP contribution < -0.4 is 10.1 Å². The molecule has 0 saturated carbocycles. The molecular formula is C22H24F3N3O5S. The second-order valence-corrected chi connectivity index (χ2v) is 7.97. The largest absolute Gasteiger partial charge is 0.496 e. The fourth-order valence-corrected chi connectivity index (χ4v) is 4.51. The maximum Gasteiger partial charge on any atom is 0.434 e. The zero-order valence-electron chi connectivity index (χ0n) is 18.8. The number of fused-ring (bicyclic) bond motifs is 1. The SMILES string of the molecule is CCOC(=O)C1=C(C(F)(F)F)N=C2SC=C(CC(=O)NCCOC)N2C1c1ccccc1OC. The summed E-state index contributed by atoms with van der Waals surface area (Å²) in [6, 6.07) is 5.17. The molecule has 184 valence electrons. The smallest absolute Gasteiger partial charge is 0.434 e. The second kappa shape index (κ2) is 11.0. The van der Waals surface area contributed by atoms with E-state index in [-0.39, 0.29) is 36.4 Å². The average Bonchev–Trinajstić information content (AvgIpc) is 3.20. The summed E-state index contributed by atoms with van der Waals surface area (Å²) in [6.07, 6.45) is -5.05. The lowest BCUT2D eigenvalue weighted by Gasteiger charge is -2.37. The molecule has 0 spiro atoms. The Labute approximate surface area is 198 Å². The molecule has 0 aliphatic carbocycles. The van der Waals surface area contributed by atoms with E-state index in [1.54, 1.807) is 29.7 Å². The highest BCUT2D eigenvalue weighted by molar-refractivity contribution is 8.16. The summed E-state index contributed by atoms with van der Waals surface area (Å²) in [5.74, 6) is -1.22. The summed E-state index contributed by atoms with van der Waals surface area (Å²) in [5.41, 5.74) is -1.32. The van der Waals surface area contributed by atoms with Crippen LogP contribution in [0.5, 0.6) is 5.75 Å². The molecule has 1 amide bonds. The van der Waals surface area contributed by atoms with Crippen molar-refractivity contribution in [1.82, 2.24) is 10.2 Å². The molecule has 1 atom stereocenters. The Morgan fingerprint density at radius 2 is 1.97 bits per heavy atom. The number of esters is 1. The molecule has 0 saturated heterocycles. The van der Waals surface area contributed by atoms with Gasteiger partial charge in [-0.3, -0.25) is 4.79 Å². The van der Waals surface area contributed by atoms with E-state index in [0.717, 1.165) is 11.8 Å². The van der Waals surface area contributed by atoms with Crippen LogP contribution in [0.1, 0.15) is 24.9 Å². The third-order valence-corrected chi connectivity index (χ3v) is 5.87. The van der Waals surface area contributed by atoms with Crippen molar-refractivity contribution in [2.24, 2.45) is 4.99 Å². The Balaban J connectivity index is 2.13. The van der Waals surface area contributed by atoms with E-state index in [2.05, 4.69) is 10.3 Å². The minimum absolute atomic E-state index is 0.00373. The summed E-state index contributed by atoms with van der Waals surface area (Å²) in [4.78, 5) is 30.6. The van der Waals surface area contributed by atoms with Crippen LogP contribution in [0.3, 0.4) is 0 Å². The zero-order chi connectivity index (χ0) is 24.9. The van der Waals surface area contributed by atoms with Crippen molar-refractivity contribution in [2.45, 2.75) is 25.6 Å². The van der Waals surface area contributed by atoms with E-state index in [1.807, 2.05) is 0 Å². The number of thioether (sulfide) groups is 1. The number of para-hydroxylation sites is 1. The number of carbonyl (C=O) groups excluding carboxylic acids is 2. The van der Waals surface area contributed by atoms with Crippen molar-refractivity contribution in [3.05, 3.63) is 52.2 Å². The number of benzene rings is 1. The number of alkyl halides is 3. The van der Waals surface area contributed by atoms with Crippen LogP contribution in [-0.4, -0.2) is 62.1 Å². The van der Waals surface area contributed by atoms with Crippen LogP contribution in [0.15, 0.2) is 51.6 Å². The number of ether oxygens (including phenoxy) is 3. The lowest BCUT2D eigenvalue weighted by atomic mass is 9.92. The Kier molecular flexibility index (Phi) is 8.26. The van der Waals surface area contributed by atoms with Crippen LogP contribution in [0, 0.1) is 0 Å². The summed E-state index contributed by atoms with van der Waals surface area (Å²) in [6.45, 7) is 1.97. The lowest BCUT2D eigenvalue weighted by Crippen LogP contribution is -2.40. The number of hydrogen-bond donors (Lipinski definition) is 1. The number of amidine groups is 1. The van der Waals surface area contributed by atoms with E-state index in [1.165, 1.54) is 26.0 Å². The highest BCUT2D eigenvalue weighted by Gasteiger charge is 2.49. The van der Waals surface area contributed by atoms with Gasteiger partial charge in [-0.05, 0) is 18.4 Å². The molecule has 1 N–H and O–H groups in total. The molecule has 2 aliphatic heterocycles. The molecule has 2 heterocycles. The Morgan fingerprint density at radius 3 is 2.62 bits per heavy atom. The Morgan fingerprint density at radius 1 is 1.24 bits per heavy atom. The quantitative estimate of drug-likeness (QED) is 0.411. The van der Waals surface area contributed by atoms with E-state index < -0.39 is 29.5 Å². The summed E-state index contributed by atoms with van der Waals surface area (Å²) < 4.78 is 57.5. The van der Waals surface area contributed by atoms with Gasteiger partial charge in [-0.15, -0.1) is 0 Å². The Bertz CT molecular complexity index is 1040. The highest BCUT2D eigenvalue weighted by Crippen LogP contribution is 2.49. The number of halogens is 3. The summed E-state index contributed by atoms with van der Waals surface area (Å²) in [5, 5.41) is 4.23. The molecule has 0 bridgehead atoms. The number of hydrogen-bond acceptors (Lipinski definition) is 8. The van der Waals surface area contributed by atoms with E-state index in [9.17, 15) is 22.8 Å². The normalized spacial score (nSPS) is 17.7. The van der Waals surface area contributed by atoms with Crippen LogP contribution in [-0.2, 0) is 19.1 Å². The van der Waals surface area contributed by atoms with Crippen molar-refractivity contribution in [2.75, 3.05) is 34.0 Å².